The van der Waals surface area contributed by atoms with Crippen LogP contribution in [0.15, 0.2) is 29.6 Å². The fourth-order valence-corrected chi connectivity index (χ4v) is 2.83. The molecule has 0 unspecified atom stereocenters. The first kappa shape index (κ1) is 17.4. The summed E-state index contributed by atoms with van der Waals surface area (Å²) in [6, 6.07) is 7.85. The molecule has 23 heavy (non-hydrogen) atoms. The number of para-hydroxylation sites is 1. The Kier molecular flexibility index (Phi) is 7.03. The van der Waals surface area contributed by atoms with Crippen LogP contribution in [0.25, 0.3) is 11.3 Å². The maximum Gasteiger partial charge on any atom is 0.227 e. The minimum absolute atomic E-state index is 0.113. The van der Waals surface area contributed by atoms with Crippen molar-refractivity contribution in [1.29, 1.82) is 0 Å². The van der Waals surface area contributed by atoms with E-state index in [-0.39, 0.29) is 5.91 Å². The quantitative estimate of drug-likeness (QED) is 0.686. The molecule has 1 heterocycles. The Balaban J connectivity index is 2.06. The highest BCUT2D eigenvalue weighted by Crippen LogP contribution is 2.32. The molecule has 1 aromatic carbocycles. The van der Waals surface area contributed by atoms with Gasteiger partial charge in [-0.1, -0.05) is 31.9 Å². The number of thiazole rings is 1. The number of aromatic nitrogens is 1. The zero-order valence-corrected chi connectivity index (χ0v) is 14.2. The minimum atomic E-state index is -0.113. The number of carbonyl (C=O) groups excluding carboxylic acids is 1. The Morgan fingerprint density at radius 1 is 1.35 bits per heavy atom. The van der Waals surface area contributed by atoms with Crippen LogP contribution in [0.4, 0.5) is 5.13 Å². The zero-order chi connectivity index (χ0) is 16.5. The Morgan fingerprint density at radius 2 is 2.17 bits per heavy atom. The zero-order valence-electron chi connectivity index (χ0n) is 13.4. The Hall–Kier alpha value is -1.92. The lowest BCUT2D eigenvalue weighted by atomic mass is 10.1. The van der Waals surface area contributed by atoms with Crippen LogP contribution in [-0.4, -0.2) is 24.0 Å². The highest BCUT2D eigenvalue weighted by Gasteiger charge is 2.11. The van der Waals surface area contributed by atoms with Gasteiger partial charge < -0.3 is 15.8 Å². The highest BCUT2D eigenvalue weighted by atomic mass is 32.1. The van der Waals surface area contributed by atoms with E-state index in [4.69, 9.17) is 10.5 Å². The van der Waals surface area contributed by atoms with Gasteiger partial charge in [0.15, 0.2) is 5.13 Å². The lowest BCUT2D eigenvalue weighted by Gasteiger charge is -2.09. The summed E-state index contributed by atoms with van der Waals surface area (Å²) in [6.07, 6.45) is 3.67. The van der Waals surface area contributed by atoms with E-state index in [9.17, 15) is 4.79 Å². The van der Waals surface area contributed by atoms with Gasteiger partial charge in [-0.25, -0.2) is 4.98 Å². The van der Waals surface area contributed by atoms with Crippen molar-refractivity contribution in [3.63, 3.8) is 0 Å². The van der Waals surface area contributed by atoms with Crippen molar-refractivity contribution in [3.05, 3.63) is 29.6 Å². The maximum atomic E-state index is 11.6. The third kappa shape index (κ3) is 5.33. The second-order valence-corrected chi connectivity index (χ2v) is 6.03. The fraction of sp³-hybridized carbons (Fsp3) is 0.412. The van der Waals surface area contributed by atoms with Crippen LogP contribution in [0.2, 0.25) is 0 Å². The van der Waals surface area contributed by atoms with Gasteiger partial charge in [-0.15, -0.1) is 11.3 Å². The molecule has 0 fully saturated rings. The molecule has 0 aliphatic heterocycles. The summed E-state index contributed by atoms with van der Waals surface area (Å²) < 4.78 is 5.88. The molecule has 5 nitrogen and oxygen atoms in total. The van der Waals surface area contributed by atoms with Crippen molar-refractivity contribution in [3.8, 4) is 17.0 Å². The smallest absolute Gasteiger partial charge is 0.227 e. The van der Waals surface area contributed by atoms with Crippen molar-refractivity contribution in [2.24, 2.45) is 5.73 Å². The number of rotatable bonds is 9. The molecule has 0 saturated heterocycles. The molecule has 0 bridgehead atoms. The Morgan fingerprint density at radius 3 is 2.96 bits per heavy atom. The summed E-state index contributed by atoms with van der Waals surface area (Å²) in [5.41, 5.74) is 7.13. The van der Waals surface area contributed by atoms with Gasteiger partial charge in [0, 0.05) is 23.9 Å². The SMILES string of the molecule is CCCCCOc1ccccc1-c1csc(NC(=O)CCN)n1. The molecule has 0 aliphatic carbocycles. The van der Waals surface area contributed by atoms with Gasteiger partial charge in [0.05, 0.1) is 12.3 Å². The molecule has 124 valence electrons. The number of nitrogens with zero attached hydrogens (tertiary/aromatic N) is 1. The van der Waals surface area contributed by atoms with Crippen LogP contribution in [-0.2, 0) is 4.79 Å². The van der Waals surface area contributed by atoms with Crippen LogP contribution in [0.3, 0.4) is 0 Å². The van der Waals surface area contributed by atoms with E-state index in [1.165, 1.54) is 17.8 Å². The fourth-order valence-electron chi connectivity index (χ4n) is 2.11. The molecule has 6 heteroatoms. The van der Waals surface area contributed by atoms with Crippen LogP contribution in [0.1, 0.15) is 32.6 Å². The van der Waals surface area contributed by atoms with Gasteiger partial charge >= 0.3 is 0 Å². The lowest BCUT2D eigenvalue weighted by Crippen LogP contribution is -2.15. The summed E-state index contributed by atoms with van der Waals surface area (Å²) in [5, 5.41) is 5.27. The van der Waals surface area contributed by atoms with Crippen molar-refractivity contribution in [2.45, 2.75) is 32.6 Å². The predicted octanol–water partition coefficient (Wildman–Crippen LogP) is 3.67. The average molecular weight is 333 g/mol. The van der Waals surface area contributed by atoms with Crippen LogP contribution in [0.5, 0.6) is 5.75 Å². The summed E-state index contributed by atoms with van der Waals surface area (Å²) in [5.74, 6) is 0.714. The largest absolute Gasteiger partial charge is 0.493 e. The van der Waals surface area contributed by atoms with Crippen molar-refractivity contribution in [2.75, 3.05) is 18.5 Å². The number of amides is 1. The topological polar surface area (TPSA) is 77.2 Å². The molecule has 2 aromatic rings. The van der Waals surface area contributed by atoms with E-state index in [1.807, 2.05) is 29.6 Å². The van der Waals surface area contributed by atoms with Gasteiger partial charge in [-0.3, -0.25) is 4.79 Å². The Bertz CT molecular complexity index is 628. The van der Waals surface area contributed by atoms with Crippen LogP contribution < -0.4 is 15.8 Å². The van der Waals surface area contributed by atoms with Crippen LogP contribution >= 0.6 is 11.3 Å². The van der Waals surface area contributed by atoms with Crippen molar-refractivity contribution < 1.29 is 9.53 Å². The van der Waals surface area contributed by atoms with E-state index in [2.05, 4.69) is 17.2 Å². The van der Waals surface area contributed by atoms with E-state index in [0.717, 1.165) is 29.8 Å². The molecular formula is C17H23N3O2S. The van der Waals surface area contributed by atoms with Crippen molar-refractivity contribution in [1.82, 2.24) is 4.98 Å². The monoisotopic (exact) mass is 333 g/mol. The first-order valence-corrected chi connectivity index (χ1v) is 8.80. The van der Waals surface area contributed by atoms with Crippen molar-refractivity contribution >= 4 is 22.4 Å². The normalized spacial score (nSPS) is 10.5. The number of unbranched alkanes of at least 4 members (excludes halogenated alkanes) is 2. The number of ether oxygens (including phenoxy) is 1. The van der Waals surface area contributed by atoms with E-state index >= 15 is 0 Å². The van der Waals surface area contributed by atoms with E-state index < -0.39 is 0 Å². The third-order valence-electron chi connectivity index (χ3n) is 3.29. The van der Waals surface area contributed by atoms with E-state index in [0.29, 0.717) is 24.7 Å². The minimum Gasteiger partial charge on any atom is -0.493 e. The molecule has 0 saturated carbocycles. The molecular weight excluding hydrogens is 310 g/mol. The van der Waals surface area contributed by atoms with Crippen LogP contribution in [0, 0.1) is 0 Å². The second-order valence-electron chi connectivity index (χ2n) is 5.18. The number of hydrogen-bond donors (Lipinski definition) is 2. The molecule has 1 aromatic heterocycles. The molecule has 0 radical (unpaired) electrons. The number of hydrogen-bond acceptors (Lipinski definition) is 5. The third-order valence-corrected chi connectivity index (χ3v) is 4.05. The summed E-state index contributed by atoms with van der Waals surface area (Å²) >= 11 is 1.40. The maximum absolute atomic E-state index is 11.6. The number of benzene rings is 1. The molecule has 0 spiro atoms. The number of nitrogens with one attached hydrogen (secondary N) is 1. The van der Waals surface area contributed by atoms with Gasteiger partial charge in [0.1, 0.15) is 5.75 Å². The number of nitrogens with two attached hydrogens (primary N) is 1. The first-order chi connectivity index (χ1) is 11.2. The highest BCUT2D eigenvalue weighted by molar-refractivity contribution is 7.14. The summed E-state index contributed by atoms with van der Waals surface area (Å²) in [7, 11) is 0. The predicted molar refractivity (Wildman–Crippen MR) is 94.9 cm³/mol. The number of carbonyl (C=O) groups is 1. The second kappa shape index (κ2) is 9.27. The summed E-state index contributed by atoms with van der Waals surface area (Å²) in [6.45, 7) is 3.21. The molecule has 1 amide bonds. The molecule has 0 atom stereocenters. The van der Waals surface area contributed by atoms with Gasteiger partial charge in [0.25, 0.3) is 0 Å². The molecule has 3 N–H and O–H groups in total. The molecule has 2 rings (SSSR count). The standard InChI is InChI=1S/C17H23N3O2S/c1-2-3-6-11-22-15-8-5-4-7-13(15)14-12-23-17(19-14)20-16(21)9-10-18/h4-5,7-8,12H,2-3,6,9-11,18H2,1H3,(H,19,20,21). The van der Waals surface area contributed by atoms with Gasteiger partial charge in [-0.2, -0.15) is 0 Å². The lowest BCUT2D eigenvalue weighted by molar-refractivity contribution is -0.116. The van der Waals surface area contributed by atoms with Gasteiger partial charge in [-0.05, 0) is 18.6 Å². The first-order valence-electron chi connectivity index (χ1n) is 7.92. The molecule has 0 aliphatic rings. The summed E-state index contributed by atoms with van der Waals surface area (Å²) in [4.78, 5) is 16.1. The average Bonchev–Trinajstić information content (AvgIpc) is 3.00. The van der Waals surface area contributed by atoms with Gasteiger partial charge in [0.2, 0.25) is 5.91 Å². The Labute approximate surface area is 140 Å². The number of anilines is 1. The van der Waals surface area contributed by atoms with E-state index in [1.54, 1.807) is 0 Å².